The lowest BCUT2D eigenvalue weighted by Crippen LogP contribution is -2.38. The number of para-hydroxylation sites is 1. The first-order valence-electron chi connectivity index (χ1n) is 6.99. The van der Waals surface area contributed by atoms with Crippen LogP contribution in [0.3, 0.4) is 0 Å². The normalized spacial score (nSPS) is 34.8. The number of imide groups is 1. The largest absolute Gasteiger partial charge is 0.274 e. The zero-order chi connectivity index (χ0) is 13.9. The lowest BCUT2D eigenvalue weighted by molar-refractivity contribution is -0.124. The van der Waals surface area contributed by atoms with E-state index in [-0.39, 0.29) is 35.5 Å². The van der Waals surface area contributed by atoms with Gasteiger partial charge in [0.2, 0.25) is 11.8 Å². The number of fused-ring (bicyclic) bond motifs is 1. The molecule has 0 N–H and O–H groups in total. The topological polar surface area (TPSA) is 37.4 Å². The molecule has 1 saturated heterocycles. The fourth-order valence-corrected chi connectivity index (χ4v) is 4.57. The van der Waals surface area contributed by atoms with Crippen molar-refractivity contribution in [3.05, 3.63) is 40.0 Å². The second-order valence-electron chi connectivity index (χ2n) is 5.80. The highest BCUT2D eigenvalue weighted by Gasteiger charge is 2.57. The second-order valence-corrected chi connectivity index (χ2v) is 6.97. The molecule has 4 atom stereocenters. The van der Waals surface area contributed by atoms with Gasteiger partial charge in [0, 0.05) is 3.57 Å². The second kappa shape index (κ2) is 4.41. The first-order chi connectivity index (χ1) is 9.68. The molecule has 5 rings (SSSR count). The molecule has 0 spiro atoms. The summed E-state index contributed by atoms with van der Waals surface area (Å²) in [4.78, 5) is 27.0. The van der Waals surface area contributed by atoms with E-state index >= 15 is 0 Å². The van der Waals surface area contributed by atoms with Gasteiger partial charge in [0.15, 0.2) is 0 Å². The molecule has 2 fully saturated rings. The Balaban J connectivity index is 1.80. The van der Waals surface area contributed by atoms with Crippen molar-refractivity contribution in [2.24, 2.45) is 23.7 Å². The maximum absolute atomic E-state index is 12.8. The number of hydrogen-bond donors (Lipinski definition) is 0. The van der Waals surface area contributed by atoms with Gasteiger partial charge >= 0.3 is 0 Å². The molecule has 1 heterocycles. The van der Waals surface area contributed by atoms with Crippen LogP contribution in [0.25, 0.3) is 0 Å². The summed E-state index contributed by atoms with van der Waals surface area (Å²) in [6.45, 7) is 0. The third-order valence-corrected chi connectivity index (χ3v) is 5.76. The predicted molar refractivity (Wildman–Crippen MR) is 84.0 cm³/mol. The monoisotopic (exact) mass is 379 g/mol. The molecule has 1 aromatic rings. The number of nitrogens with zero attached hydrogens (tertiary/aromatic N) is 1. The van der Waals surface area contributed by atoms with E-state index in [2.05, 4.69) is 34.7 Å². The number of hydrogen-bond acceptors (Lipinski definition) is 2. The van der Waals surface area contributed by atoms with Crippen molar-refractivity contribution in [2.45, 2.75) is 12.8 Å². The summed E-state index contributed by atoms with van der Waals surface area (Å²) in [5.74, 6) is 0.275. The summed E-state index contributed by atoms with van der Waals surface area (Å²) in [5, 5.41) is 0. The zero-order valence-electron chi connectivity index (χ0n) is 10.8. The van der Waals surface area contributed by atoms with Crippen LogP contribution in [0.15, 0.2) is 36.4 Å². The Bertz CT molecular complexity index is 607. The molecule has 0 aromatic heterocycles. The summed E-state index contributed by atoms with van der Waals surface area (Å²) in [7, 11) is 0. The quantitative estimate of drug-likeness (QED) is 0.428. The maximum atomic E-state index is 12.8. The molecule has 2 bridgehead atoms. The molecule has 3 aliphatic carbocycles. The van der Waals surface area contributed by atoms with Crippen LogP contribution in [0.1, 0.15) is 12.8 Å². The molecule has 1 aromatic carbocycles. The van der Waals surface area contributed by atoms with Crippen molar-refractivity contribution in [3.63, 3.8) is 0 Å². The molecular weight excluding hydrogens is 365 g/mol. The van der Waals surface area contributed by atoms with E-state index in [1.165, 1.54) is 4.90 Å². The number of carbonyl (C=O) groups is 2. The Morgan fingerprint density at radius 2 is 1.50 bits per heavy atom. The van der Waals surface area contributed by atoms with Gasteiger partial charge in [-0.25, -0.2) is 4.90 Å². The molecule has 4 aliphatic rings. The Labute approximate surface area is 131 Å². The lowest BCUT2D eigenvalue weighted by atomic mass is 9.63. The third-order valence-electron chi connectivity index (χ3n) is 4.85. The van der Waals surface area contributed by atoms with Crippen LogP contribution >= 0.6 is 22.6 Å². The number of amides is 2. The smallest absolute Gasteiger partial charge is 0.238 e. The number of rotatable bonds is 1. The van der Waals surface area contributed by atoms with Crippen LogP contribution in [0, 0.1) is 27.2 Å². The van der Waals surface area contributed by atoms with Crippen LogP contribution in [0.4, 0.5) is 5.69 Å². The Kier molecular flexibility index (Phi) is 2.77. The van der Waals surface area contributed by atoms with E-state index in [1.54, 1.807) is 0 Å². The van der Waals surface area contributed by atoms with E-state index in [4.69, 9.17) is 0 Å². The van der Waals surface area contributed by atoms with Gasteiger partial charge in [0.1, 0.15) is 0 Å². The van der Waals surface area contributed by atoms with Crippen LogP contribution in [-0.4, -0.2) is 11.8 Å². The molecule has 4 heteroatoms. The van der Waals surface area contributed by atoms with Crippen LogP contribution < -0.4 is 4.90 Å². The van der Waals surface area contributed by atoms with Gasteiger partial charge in [-0.15, -0.1) is 0 Å². The van der Waals surface area contributed by atoms with Gasteiger partial charge in [-0.3, -0.25) is 9.59 Å². The first-order valence-corrected chi connectivity index (χ1v) is 8.07. The molecule has 0 radical (unpaired) electrons. The fourth-order valence-electron chi connectivity index (χ4n) is 3.94. The maximum Gasteiger partial charge on any atom is 0.238 e. The minimum Gasteiger partial charge on any atom is -0.274 e. The van der Waals surface area contributed by atoms with Gasteiger partial charge in [0.05, 0.1) is 17.5 Å². The highest BCUT2D eigenvalue weighted by Crippen LogP contribution is 2.50. The molecule has 0 unspecified atom stereocenters. The van der Waals surface area contributed by atoms with E-state index in [1.807, 2.05) is 24.3 Å². The summed E-state index contributed by atoms with van der Waals surface area (Å²) >= 11 is 2.19. The summed E-state index contributed by atoms with van der Waals surface area (Å²) in [5.41, 5.74) is 0.747. The molecule has 102 valence electrons. The SMILES string of the molecule is O=C1[C@@H]2[C@H](C(=O)N1c1ccccc1I)[C@@H]1C=C[C@H]2CC1. The Morgan fingerprint density at radius 1 is 0.950 bits per heavy atom. The van der Waals surface area contributed by atoms with Crippen LogP contribution in [0.5, 0.6) is 0 Å². The highest BCUT2D eigenvalue weighted by molar-refractivity contribution is 14.1. The van der Waals surface area contributed by atoms with Crippen molar-refractivity contribution in [3.8, 4) is 0 Å². The lowest BCUT2D eigenvalue weighted by Gasteiger charge is -2.38. The average Bonchev–Trinajstić information content (AvgIpc) is 2.75. The van der Waals surface area contributed by atoms with Gasteiger partial charge in [-0.1, -0.05) is 24.3 Å². The molecule has 1 saturated carbocycles. The van der Waals surface area contributed by atoms with Gasteiger partial charge in [0.25, 0.3) is 0 Å². The summed E-state index contributed by atoms with van der Waals surface area (Å²) < 4.78 is 0.950. The molecule has 2 amide bonds. The third kappa shape index (κ3) is 1.57. The first kappa shape index (κ1) is 12.6. The van der Waals surface area contributed by atoms with Gasteiger partial charge in [-0.05, 0) is 59.4 Å². The van der Waals surface area contributed by atoms with Crippen molar-refractivity contribution in [2.75, 3.05) is 4.90 Å². The van der Waals surface area contributed by atoms with E-state index in [0.29, 0.717) is 0 Å². The van der Waals surface area contributed by atoms with Crippen molar-refractivity contribution < 1.29 is 9.59 Å². The number of benzene rings is 1. The van der Waals surface area contributed by atoms with Gasteiger partial charge < -0.3 is 0 Å². The molecule has 1 aliphatic heterocycles. The molecule has 20 heavy (non-hydrogen) atoms. The minimum absolute atomic E-state index is 0.00293. The number of carbonyl (C=O) groups excluding carboxylic acids is 2. The average molecular weight is 379 g/mol. The van der Waals surface area contributed by atoms with E-state index < -0.39 is 0 Å². The number of halogens is 1. The van der Waals surface area contributed by atoms with Crippen molar-refractivity contribution >= 4 is 40.1 Å². The molecular formula is C16H14INO2. The number of anilines is 1. The van der Waals surface area contributed by atoms with Gasteiger partial charge in [-0.2, -0.15) is 0 Å². The Hall–Kier alpha value is -1.17. The summed E-state index contributed by atoms with van der Waals surface area (Å²) in [6.07, 6.45) is 6.39. The summed E-state index contributed by atoms with van der Waals surface area (Å²) in [6, 6.07) is 7.61. The van der Waals surface area contributed by atoms with E-state index in [0.717, 1.165) is 22.1 Å². The fraction of sp³-hybridized carbons (Fsp3) is 0.375. The molecule has 3 nitrogen and oxygen atoms in total. The Morgan fingerprint density at radius 3 is 2.00 bits per heavy atom. The van der Waals surface area contributed by atoms with Crippen molar-refractivity contribution in [1.82, 2.24) is 0 Å². The van der Waals surface area contributed by atoms with E-state index in [9.17, 15) is 9.59 Å². The minimum atomic E-state index is -0.123. The standard InChI is InChI=1S/C16H14INO2/c17-11-3-1-2-4-12(11)18-15(19)13-9-5-6-10(8-7-9)14(13)16(18)20/h1-6,9-10,13-14H,7-8H2/t9-,10+,13-,14+. The zero-order valence-corrected chi connectivity index (χ0v) is 13.0. The van der Waals surface area contributed by atoms with Crippen LogP contribution in [-0.2, 0) is 9.59 Å². The highest BCUT2D eigenvalue weighted by atomic mass is 127. The van der Waals surface area contributed by atoms with Crippen LogP contribution in [0.2, 0.25) is 0 Å². The number of allylic oxidation sites excluding steroid dienone is 2. The predicted octanol–water partition coefficient (Wildman–Crippen LogP) is 2.99. The van der Waals surface area contributed by atoms with Crippen molar-refractivity contribution in [1.29, 1.82) is 0 Å².